The van der Waals surface area contributed by atoms with Gasteiger partial charge in [0.05, 0.1) is 17.4 Å². The average molecular weight is 372 g/mol. The zero-order valence-electron chi connectivity index (χ0n) is 14.6. The molecule has 1 aliphatic heterocycles. The highest BCUT2D eigenvalue weighted by atomic mass is 32.2. The van der Waals surface area contributed by atoms with E-state index >= 15 is 0 Å². The van der Waals surface area contributed by atoms with Gasteiger partial charge in [-0.25, -0.2) is 12.7 Å². The highest BCUT2D eigenvalue weighted by molar-refractivity contribution is 7.94. The summed E-state index contributed by atoms with van der Waals surface area (Å²) in [5, 5.41) is 0. The molecule has 0 N–H and O–H groups in total. The molecule has 26 heavy (non-hydrogen) atoms. The Balaban J connectivity index is 1.77. The van der Waals surface area contributed by atoms with Crippen molar-refractivity contribution in [3.63, 3.8) is 0 Å². The molecule has 1 heterocycles. The summed E-state index contributed by atoms with van der Waals surface area (Å²) in [6.07, 6.45) is 0. The van der Waals surface area contributed by atoms with Crippen LogP contribution in [-0.2, 0) is 21.4 Å². The molecule has 0 unspecified atom stereocenters. The molecule has 0 spiro atoms. The van der Waals surface area contributed by atoms with E-state index in [1.165, 1.54) is 12.1 Å². The van der Waals surface area contributed by atoms with Crippen LogP contribution in [0.2, 0.25) is 0 Å². The van der Waals surface area contributed by atoms with E-state index in [1.54, 1.807) is 31.0 Å². The Hall–Kier alpha value is -2.67. The number of carbonyl (C=O) groups is 2. The molecule has 1 aliphatic rings. The van der Waals surface area contributed by atoms with E-state index in [9.17, 15) is 18.0 Å². The van der Waals surface area contributed by atoms with Crippen molar-refractivity contribution in [1.82, 2.24) is 4.90 Å². The van der Waals surface area contributed by atoms with Gasteiger partial charge in [-0.15, -0.1) is 0 Å². The van der Waals surface area contributed by atoms with E-state index in [-0.39, 0.29) is 17.3 Å². The normalized spacial score (nSPS) is 18.8. The van der Waals surface area contributed by atoms with Crippen molar-refractivity contribution in [2.75, 3.05) is 17.1 Å². The SMILES string of the molecule is C[C@@H]1CS(=O)(=O)N(c2ccc(C(=O)N(C)Cc3ccccc3)cc2)C1=O. The third-order valence-corrected chi connectivity index (χ3v) is 6.19. The Morgan fingerprint density at radius 2 is 1.73 bits per heavy atom. The minimum atomic E-state index is -3.64. The van der Waals surface area contributed by atoms with Crippen molar-refractivity contribution in [3.8, 4) is 0 Å². The van der Waals surface area contributed by atoms with Crippen LogP contribution in [0.25, 0.3) is 0 Å². The number of nitrogens with zero attached hydrogens (tertiary/aromatic N) is 2. The standard InChI is InChI=1S/C19H20N2O4S/c1-14-13-26(24,25)21(18(14)22)17-10-8-16(9-11-17)19(23)20(2)12-15-6-4-3-5-7-15/h3-11,14H,12-13H2,1-2H3/t14-/m1/s1. The minimum Gasteiger partial charge on any atom is -0.337 e. The average Bonchev–Trinajstić information content (AvgIpc) is 2.82. The Labute approximate surface area is 153 Å². The van der Waals surface area contributed by atoms with Gasteiger partial charge in [-0.05, 0) is 29.8 Å². The number of anilines is 1. The van der Waals surface area contributed by atoms with Crippen molar-refractivity contribution in [2.24, 2.45) is 5.92 Å². The minimum absolute atomic E-state index is 0.177. The molecular weight excluding hydrogens is 352 g/mol. The van der Waals surface area contributed by atoms with Crippen molar-refractivity contribution >= 4 is 27.5 Å². The number of sulfonamides is 1. The zero-order chi connectivity index (χ0) is 18.9. The van der Waals surface area contributed by atoms with Gasteiger partial charge < -0.3 is 4.90 Å². The Bertz CT molecular complexity index is 924. The fraction of sp³-hybridized carbons (Fsp3) is 0.263. The van der Waals surface area contributed by atoms with Crippen molar-refractivity contribution in [1.29, 1.82) is 0 Å². The maximum Gasteiger partial charge on any atom is 0.253 e. The lowest BCUT2D eigenvalue weighted by Crippen LogP contribution is -2.30. The van der Waals surface area contributed by atoms with E-state index in [0.29, 0.717) is 12.1 Å². The van der Waals surface area contributed by atoms with Gasteiger partial charge in [0.2, 0.25) is 15.9 Å². The first-order valence-corrected chi connectivity index (χ1v) is 9.87. The summed E-state index contributed by atoms with van der Waals surface area (Å²) in [6, 6.07) is 15.7. The highest BCUT2D eigenvalue weighted by Gasteiger charge is 2.41. The van der Waals surface area contributed by atoms with Crippen LogP contribution in [0.1, 0.15) is 22.8 Å². The van der Waals surface area contributed by atoms with Gasteiger partial charge in [0.1, 0.15) is 0 Å². The molecule has 7 heteroatoms. The fourth-order valence-electron chi connectivity index (χ4n) is 2.98. The van der Waals surface area contributed by atoms with Gasteiger partial charge >= 0.3 is 0 Å². The van der Waals surface area contributed by atoms with Crippen LogP contribution in [0.3, 0.4) is 0 Å². The van der Waals surface area contributed by atoms with Crippen LogP contribution in [0.5, 0.6) is 0 Å². The molecular formula is C19H20N2O4S. The Morgan fingerprint density at radius 3 is 2.27 bits per heavy atom. The smallest absolute Gasteiger partial charge is 0.253 e. The number of rotatable bonds is 4. The first-order chi connectivity index (χ1) is 12.3. The van der Waals surface area contributed by atoms with Crippen LogP contribution in [0.15, 0.2) is 54.6 Å². The van der Waals surface area contributed by atoms with Crippen molar-refractivity contribution in [3.05, 3.63) is 65.7 Å². The maximum absolute atomic E-state index is 12.6. The molecule has 0 radical (unpaired) electrons. The molecule has 1 atom stereocenters. The summed E-state index contributed by atoms with van der Waals surface area (Å²) in [7, 11) is -1.93. The van der Waals surface area contributed by atoms with E-state index in [0.717, 1.165) is 9.87 Å². The van der Waals surface area contributed by atoms with Gasteiger partial charge in [0, 0.05) is 19.2 Å². The fourth-order valence-corrected chi connectivity index (χ4v) is 4.80. The largest absolute Gasteiger partial charge is 0.337 e. The number of amides is 2. The third-order valence-electron chi connectivity index (χ3n) is 4.32. The topological polar surface area (TPSA) is 74.8 Å². The summed E-state index contributed by atoms with van der Waals surface area (Å²) in [6.45, 7) is 2.06. The molecule has 136 valence electrons. The van der Waals surface area contributed by atoms with Crippen LogP contribution >= 0.6 is 0 Å². The highest BCUT2D eigenvalue weighted by Crippen LogP contribution is 2.28. The van der Waals surface area contributed by atoms with Gasteiger partial charge in [0.15, 0.2) is 0 Å². The number of carbonyl (C=O) groups excluding carboxylic acids is 2. The van der Waals surface area contributed by atoms with E-state index in [4.69, 9.17) is 0 Å². The van der Waals surface area contributed by atoms with Crippen LogP contribution in [-0.4, -0.2) is 37.9 Å². The second kappa shape index (κ2) is 6.92. The molecule has 3 rings (SSSR count). The first kappa shape index (κ1) is 18.1. The summed E-state index contributed by atoms with van der Waals surface area (Å²) >= 11 is 0. The molecule has 0 aliphatic carbocycles. The third kappa shape index (κ3) is 3.48. The van der Waals surface area contributed by atoms with Crippen LogP contribution in [0, 0.1) is 5.92 Å². The Kier molecular flexibility index (Phi) is 4.82. The van der Waals surface area contributed by atoms with E-state index < -0.39 is 21.8 Å². The van der Waals surface area contributed by atoms with Crippen LogP contribution < -0.4 is 4.31 Å². The van der Waals surface area contributed by atoms with Gasteiger partial charge in [-0.1, -0.05) is 37.3 Å². The lowest BCUT2D eigenvalue weighted by atomic mass is 10.1. The van der Waals surface area contributed by atoms with Crippen LogP contribution in [0.4, 0.5) is 5.69 Å². The monoisotopic (exact) mass is 372 g/mol. The number of hydrogen-bond donors (Lipinski definition) is 0. The second-order valence-electron chi connectivity index (χ2n) is 6.48. The molecule has 0 aromatic heterocycles. The molecule has 0 saturated carbocycles. The number of hydrogen-bond acceptors (Lipinski definition) is 4. The lowest BCUT2D eigenvalue weighted by Gasteiger charge is -2.19. The first-order valence-electron chi connectivity index (χ1n) is 8.26. The quantitative estimate of drug-likeness (QED) is 0.825. The molecule has 0 bridgehead atoms. The van der Waals surface area contributed by atoms with Crippen molar-refractivity contribution < 1.29 is 18.0 Å². The second-order valence-corrected chi connectivity index (χ2v) is 8.34. The zero-order valence-corrected chi connectivity index (χ0v) is 15.4. The molecule has 2 aromatic rings. The van der Waals surface area contributed by atoms with E-state index in [2.05, 4.69) is 0 Å². The lowest BCUT2D eigenvalue weighted by molar-refractivity contribution is -0.119. The van der Waals surface area contributed by atoms with Gasteiger partial charge in [0.25, 0.3) is 5.91 Å². The Morgan fingerprint density at radius 1 is 1.12 bits per heavy atom. The molecule has 2 aromatic carbocycles. The number of benzene rings is 2. The van der Waals surface area contributed by atoms with Gasteiger partial charge in [-0.3, -0.25) is 9.59 Å². The molecule has 6 nitrogen and oxygen atoms in total. The predicted octanol–water partition coefficient (Wildman–Crippen LogP) is 2.27. The van der Waals surface area contributed by atoms with E-state index in [1.807, 2.05) is 30.3 Å². The van der Waals surface area contributed by atoms with Crippen molar-refractivity contribution in [2.45, 2.75) is 13.5 Å². The summed E-state index contributed by atoms with van der Waals surface area (Å²) in [5.74, 6) is -1.36. The molecule has 2 amide bonds. The predicted molar refractivity (Wildman–Crippen MR) is 99.1 cm³/mol. The maximum atomic E-state index is 12.6. The summed E-state index contributed by atoms with van der Waals surface area (Å²) < 4.78 is 25.1. The summed E-state index contributed by atoms with van der Waals surface area (Å²) in [5.41, 5.74) is 1.72. The van der Waals surface area contributed by atoms with Gasteiger partial charge in [-0.2, -0.15) is 0 Å². The summed E-state index contributed by atoms with van der Waals surface area (Å²) in [4.78, 5) is 26.3. The molecule has 1 fully saturated rings. The molecule has 1 saturated heterocycles.